The normalized spacial score (nSPS) is 19.8. The first-order chi connectivity index (χ1) is 7.24. The molecule has 86 valence electrons. The van der Waals surface area contributed by atoms with Crippen molar-refractivity contribution in [2.45, 2.75) is 31.9 Å². The topological polar surface area (TPSA) is 52.6 Å². The Labute approximate surface area is 91.0 Å². The van der Waals surface area contributed by atoms with Crippen molar-refractivity contribution in [3.63, 3.8) is 0 Å². The van der Waals surface area contributed by atoms with Crippen molar-refractivity contribution in [3.05, 3.63) is 12.7 Å². The van der Waals surface area contributed by atoms with E-state index in [9.17, 15) is 9.90 Å². The summed E-state index contributed by atoms with van der Waals surface area (Å²) in [5.74, 6) is 0.238. The molecular formula is C11H20N2O2. The molecule has 1 atom stereocenters. The molecule has 1 heterocycles. The third-order valence-corrected chi connectivity index (χ3v) is 2.63. The van der Waals surface area contributed by atoms with Crippen LogP contribution in [0.5, 0.6) is 0 Å². The summed E-state index contributed by atoms with van der Waals surface area (Å²) in [6.07, 6.45) is 4.68. The van der Waals surface area contributed by atoms with Crippen LogP contribution in [-0.2, 0) is 4.79 Å². The molecule has 0 radical (unpaired) electrons. The Balaban J connectivity index is 2.23. The van der Waals surface area contributed by atoms with Crippen molar-refractivity contribution in [1.29, 1.82) is 0 Å². The lowest BCUT2D eigenvalue weighted by molar-refractivity contribution is -0.130. The summed E-state index contributed by atoms with van der Waals surface area (Å²) in [5, 5.41) is 12.0. The van der Waals surface area contributed by atoms with E-state index >= 15 is 0 Å². The maximum atomic E-state index is 11.6. The molecule has 0 saturated carbocycles. The molecule has 0 bridgehead atoms. The number of hydrogen-bond donors (Lipinski definition) is 2. The SMILES string of the molecule is C=CC(O)NCCN1CCCCCC1=O. The summed E-state index contributed by atoms with van der Waals surface area (Å²) in [6.45, 7) is 5.60. The van der Waals surface area contributed by atoms with Crippen molar-refractivity contribution < 1.29 is 9.90 Å². The zero-order valence-electron chi connectivity index (χ0n) is 9.11. The van der Waals surface area contributed by atoms with Crippen LogP contribution in [-0.4, -0.2) is 41.8 Å². The molecule has 2 N–H and O–H groups in total. The molecule has 0 aliphatic carbocycles. The van der Waals surface area contributed by atoms with Crippen LogP contribution in [0.15, 0.2) is 12.7 Å². The molecule has 1 aliphatic rings. The summed E-state index contributed by atoms with van der Waals surface area (Å²) in [5.41, 5.74) is 0. The van der Waals surface area contributed by atoms with Crippen LogP contribution in [0.25, 0.3) is 0 Å². The van der Waals surface area contributed by atoms with E-state index in [4.69, 9.17) is 0 Å². The number of nitrogens with zero attached hydrogens (tertiary/aromatic N) is 1. The van der Waals surface area contributed by atoms with Gasteiger partial charge in [-0.2, -0.15) is 0 Å². The standard InChI is InChI=1S/C11H20N2O2/c1-2-10(14)12-7-9-13-8-5-3-4-6-11(13)15/h2,10,12,14H,1,3-9H2. The summed E-state index contributed by atoms with van der Waals surface area (Å²) >= 11 is 0. The third kappa shape index (κ3) is 4.44. The zero-order chi connectivity index (χ0) is 11.1. The Morgan fingerprint density at radius 2 is 2.33 bits per heavy atom. The van der Waals surface area contributed by atoms with Gasteiger partial charge in [0, 0.05) is 26.1 Å². The molecule has 0 aromatic carbocycles. The van der Waals surface area contributed by atoms with Crippen LogP contribution in [0.1, 0.15) is 25.7 Å². The Bertz CT molecular complexity index is 219. The molecule has 0 aromatic heterocycles. The molecule has 1 rings (SSSR count). The van der Waals surface area contributed by atoms with E-state index in [1.54, 1.807) is 0 Å². The lowest BCUT2D eigenvalue weighted by Gasteiger charge is -2.21. The first-order valence-electron chi connectivity index (χ1n) is 5.56. The number of nitrogens with one attached hydrogen (secondary N) is 1. The molecule has 4 nitrogen and oxygen atoms in total. The number of rotatable bonds is 5. The number of amides is 1. The second kappa shape index (κ2) is 6.58. The van der Waals surface area contributed by atoms with E-state index in [0.29, 0.717) is 19.5 Å². The maximum Gasteiger partial charge on any atom is 0.222 e. The monoisotopic (exact) mass is 212 g/mol. The Hall–Kier alpha value is -0.870. The van der Waals surface area contributed by atoms with Crippen molar-refractivity contribution in [1.82, 2.24) is 10.2 Å². The number of likely N-dealkylation sites (tertiary alicyclic amines) is 1. The summed E-state index contributed by atoms with van der Waals surface area (Å²) in [4.78, 5) is 13.4. The number of carbonyl (C=O) groups is 1. The maximum absolute atomic E-state index is 11.6. The molecule has 1 fully saturated rings. The predicted octanol–water partition coefficient (Wildman–Crippen LogP) is 0.483. The van der Waals surface area contributed by atoms with E-state index in [1.807, 2.05) is 4.90 Å². The van der Waals surface area contributed by atoms with Crippen molar-refractivity contribution in [2.75, 3.05) is 19.6 Å². The Morgan fingerprint density at radius 3 is 3.07 bits per heavy atom. The van der Waals surface area contributed by atoms with Crippen LogP contribution in [0, 0.1) is 0 Å². The predicted molar refractivity (Wildman–Crippen MR) is 59.3 cm³/mol. The smallest absolute Gasteiger partial charge is 0.222 e. The van der Waals surface area contributed by atoms with Gasteiger partial charge in [0.2, 0.25) is 5.91 Å². The highest BCUT2D eigenvalue weighted by atomic mass is 16.3. The Kier molecular flexibility index (Phi) is 5.36. The van der Waals surface area contributed by atoms with Gasteiger partial charge in [-0.05, 0) is 18.9 Å². The summed E-state index contributed by atoms with van der Waals surface area (Å²) in [7, 11) is 0. The third-order valence-electron chi connectivity index (χ3n) is 2.63. The highest BCUT2D eigenvalue weighted by molar-refractivity contribution is 5.76. The quantitative estimate of drug-likeness (QED) is 0.515. The number of carbonyl (C=O) groups excluding carboxylic acids is 1. The van der Waals surface area contributed by atoms with Crippen molar-refractivity contribution in [2.24, 2.45) is 0 Å². The highest BCUT2D eigenvalue weighted by Crippen LogP contribution is 2.10. The van der Waals surface area contributed by atoms with Gasteiger partial charge in [-0.25, -0.2) is 0 Å². The van der Waals surface area contributed by atoms with Gasteiger partial charge in [-0.15, -0.1) is 0 Å². The number of hydrogen-bond acceptors (Lipinski definition) is 3. The number of aliphatic hydroxyl groups excluding tert-OH is 1. The molecule has 0 spiro atoms. The summed E-state index contributed by atoms with van der Waals surface area (Å²) in [6, 6.07) is 0. The van der Waals surface area contributed by atoms with E-state index in [1.165, 1.54) is 6.08 Å². The molecular weight excluding hydrogens is 192 g/mol. The Morgan fingerprint density at radius 1 is 1.53 bits per heavy atom. The molecule has 1 saturated heterocycles. The van der Waals surface area contributed by atoms with Crippen molar-refractivity contribution in [3.8, 4) is 0 Å². The minimum absolute atomic E-state index is 0.238. The van der Waals surface area contributed by atoms with Crippen LogP contribution >= 0.6 is 0 Å². The fourth-order valence-electron chi connectivity index (χ4n) is 1.71. The highest BCUT2D eigenvalue weighted by Gasteiger charge is 2.15. The van der Waals surface area contributed by atoms with Gasteiger partial charge in [-0.3, -0.25) is 10.1 Å². The molecule has 1 unspecified atom stereocenters. The fraction of sp³-hybridized carbons (Fsp3) is 0.727. The zero-order valence-corrected chi connectivity index (χ0v) is 9.11. The van der Waals surface area contributed by atoms with Crippen molar-refractivity contribution >= 4 is 5.91 Å². The minimum Gasteiger partial charge on any atom is -0.375 e. The van der Waals surface area contributed by atoms with Gasteiger partial charge < -0.3 is 10.0 Å². The minimum atomic E-state index is -0.674. The van der Waals surface area contributed by atoms with Crippen LogP contribution in [0.2, 0.25) is 0 Å². The number of aliphatic hydroxyl groups is 1. The largest absolute Gasteiger partial charge is 0.375 e. The van der Waals surface area contributed by atoms with Gasteiger partial charge in [0.05, 0.1) is 0 Å². The second-order valence-electron chi connectivity index (χ2n) is 3.83. The van der Waals surface area contributed by atoms with Crippen LogP contribution < -0.4 is 5.32 Å². The molecule has 4 heteroatoms. The first kappa shape index (κ1) is 12.2. The van der Waals surface area contributed by atoms with E-state index in [2.05, 4.69) is 11.9 Å². The average molecular weight is 212 g/mol. The lowest BCUT2D eigenvalue weighted by atomic mass is 10.2. The van der Waals surface area contributed by atoms with Gasteiger partial charge in [-0.1, -0.05) is 13.0 Å². The summed E-state index contributed by atoms with van der Waals surface area (Å²) < 4.78 is 0. The van der Waals surface area contributed by atoms with Gasteiger partial charge in [0.25, 0.3) is 0 Å². The molecule has 0 aromatic rings. The molecule has 15 heavy (non-hydrogen) atoms. The average Bonchev–Trinajstić information content (AvgIpc) is 2.44. The van der Waals surface area contributed by atoms with Crippen LogP contribution in [0.4, 0.5) is 0 Å². The fourth-order valence-corrected chi connectivity index (χ4v) is 1.71. The first-order valence-corrected chi connectivity index (χ1v) is 5.56. The molecule has 1 amide bonds. The van der Waals surface area contributed by atoms with Gasteiger partial charge in [0.1, 0.15) is 6.23 Å². The van der Waals surface area contributed by atoms with E-state index in [-0.39, 0.29) is 5.91 Å². The lowest BCUT2D eigenvalue weighted by Crippen LogP contribution is -2.39. The van der Waals surface area contributed by atoms with Gasteiger partial charge >= 0.3 is 0 Å². The van der Waals surface area contributed by atoms with E-state index < -0.39 is 6.23 Å². The molecule has 1 aliphatic heterocycles. The van der Waals surface area contributed by atoms with Crippen LogP contribution in [0.3, 0.4) is 0 Å². The van der Waals surface area contributed by atoms with E-state index in [0.717, 1.165) is 25.8 Å². The second-order valence-corrected chi connectivity index (χ2v) is 3.83. The van der Waals surface area contributed by atoms with Gasteiger partial charge in [0.15, 0.2) is 0 Å².